The number of alkyl carbamates (subject to hydrolysis) is 1. The Morgan fingerprint density at radius 2 is 1.55 bits per heavy atom. The number of benzene rings is 2. The van der Waals surface area contributed by atoms with Crippen molar-refractivity contribution < 1.29 is 23.9 Å². The molecule has 4 aromatic heterocycles. The van der Waals surface area contributed by atoms with Gasteiger partial charge >= 0.3 is 6.09 Å². The van der Waals surface area contributed by atoms with Crippen molar-refractivity contribution in [1.29, 1.82) is 0 Å². The van der Waals surface area contributed by atoms with Gasteiger partial charge in [-0.25, -0.2) is 14.8 Å². The summed E-state index contributed by atoms with van der Waals surface area (Å²) in [6.45, 7) is 9.01. The minimum Gasteiger partial charge on any atom is -0.453 e. The van der Waals surface area contributed by atoms with Gasteiger partial charge in [-0.1, -0.05) is 56.7 Å². The summed E-state index contributed by atoms with van der Waals surface area (Å²) in [5, 5.41) is 5.10. The van der Waals surface area contributed by atoms with E-state index in [1.807, 2.05) is 30.3 Å². The molecule has 2 saturated heterocycles. The molecule has 58 heavy (non-hydrogen) atoms. The highest BCUT2D eigenvalue weighted by atomic mass is 32.1. The van der Waals surface area contributed by atoms with Crippen LogP contribution in [-0.4, -0.2) is 93.4 Å². The number of nitrogens with zero attached hydrogens (tertiary/aromatic N) is 4. The van der Waals surface area contributed by atoms with E-state index < -0.39 is 12.1 Å². The molecule has 2 aliphatic rings. The lowest BCUT2D eigenvalue weighted by atomic mass is 10.1. The summed E-state index contributed by atoms with van der Waals surface area (Å²) < 4.78 is 7.14. The smallest absolute Gasteiger partial charge is 0.407 e. The Labute approximate surface area is 346 Å². The van der Waals surface area contributed by atoms with Gasteiger partial charge in [-0.2, -0.15) is 0 Å². The van der Waals surface area contributed by atoms with Gasteiger partial charge in [0.05, 0.1) is 48.4 Å². The van der Waals surface area contributed by atoms with Gasteiger partial charge in [0.15, 0.2) is 0 Å². The number of hydrogen-bond acceptors (Lipinski definition) is 9. The quantitative estimate of drug-likeness (QED) is 0.126. The highest BCUT2D eigenvalue weighted by Gasteiger charge is 2.29. The number of carbonyl (C=O) groups excluding carboxylic acids is 4. The number of H-pyrrole nitrogens is 2. The molecule has 4 N–H and O–H groups in total. The van der Waals surface area contributed by atoms with Crippen molar-refractivity contribution in [3.63, 3.8) is 0 Å². The van der Waals surface area contributed by atoms with Crippen molar-refractivity contribution in [2.45, 2.75) is 58.9 Å². The number of nitrogens with one attached hydrogen (secondary N) is 4. The van der Waals surface area contributed by atoms with E-state index in [-0.39, 0.29) is 24.3 Å². The minimum atomic E-state index is -0.674. The molecule has 4 amide bonds. The zero-order valence-corrected chi connectivity index (χ0v) is 34.9. The maximum atomic E-state index is 12.5. The van der Waals surface area contributed by atoms with Gasteiger partial charge in [-0.15, -0.1) is 22.7 Å². The summed E-state index contributed by atoms with van der Waals surface area (Å²) in [4.78, 5) is 65.9. The van der Waals surface area contributed by atoms with Crippen molar-refractivity contribution >= 4 is 66.9 Å². The van der Waals surface area contributed by atoms with Crippen LogP contribution in [0.4, 0.5) is 4.79 Å². The van der Waals surface area contributed by atoms with Gasteiger partial charge in [-0.3, -0.25) is 14.4 Å². The first-order chi connectivity index (χ1) is 28.2. The standard InChI is InChI=1S/C18H10N4S2.C14H18N2O3.C8H14N2O2.C3H8/c1-4-14-15(22-10-21-14)5-11(1)16-7-18-17(24-16)6-13(23-18)3-2-12-8-19-9-20-12;1-19-14(18)15-12(11-7-3-2-4-8-11)13(17)16-9-5-6-10-16;1-7(11)9-6-8(12)10-4-2-3-5-10;1-3-2/h1,4-10H,(H,19,20)(H,21,22);2-4,7-8,12H,5-6,9-10H2,1H3,(H,15,18);2-6H2,1H3,(H,9,11);3H2,1-2H3. The fraction of sp³-hybridized carbons (Fsp3) is 0.349. The second-order valence-corrected chi connectivity index (χ2v) is 15.7. The summed E-state index contributed by atoms with van der Waals surface area (Å²) in [5.41, 5.74) is 4.87. The number of amides is 4. The van der Waals surface area contributed by atoms with Gasteiger partial charge in [0, 0.05) is 47.4 Å². The van der Waals surface area contributed by atoms with Gasteiger partial charge in [0.1, 0.15) is 11.7 Å². The highest BCUT2D eigenvalue weighted by molar-refractivity contribution is 7.29. The Morgan fingerprint density at radius 1 is 0.862 bits per heavy atom. The third kappa shape index (κ3) is 12.5. The van der Waals surface area contributed by atoms with E-state index in [1.165, 1.54) is 40.3 Å². The number of hydrogen-bond donors (Lipinski definition) is 4. The second-order valence-electron chi connectivity index (χ2n) is 13.5. The Bertz CT molecular complexity index is 2260. The third-order valence-corrected chi connectivity index (χ3v) is 11.2. The summed E-state index contributed by atoms with van der Waals surface area (Å²) in [7, 11) is 1.29. The number of fused-ring (bicyclic) bond motifs is 2. The van der Waals surface area contributed by atoms with E-state index in [9.17, 15) is 19.2 Å². The molecule has 304 valence electrons. The Kier molecular flexibility index (Phi) is 16.4. The fourth-order valence-electron chi connectivity index (χ4n) is 6.09. The Balaban J connectivity index is 0.000000169. The molecule has 0 spiro atoms. The second kappa shape index (κ2) is 22.1. The average Bonchev–Trinajstić information content (AvgIpc) is 4.09. The number of aromatic nitrogens is 4. The summed E-state index contributed by atoms with van der Waals surface area (Å²) in [5.74, 6) is 6.09. The third-order valence-electron chi connectivity index (χ3n) is 8.92. The van der Waals surface area contributed by atoms with Crippen LogP contribution in [0.15, 0.2) is 79.5 Å². The molecule has 13 nitrogen and oxygen atoms in total. The fourth-order valence-corrected chi connectivity index (χ4v) is 8.34. The van der Waals surface area contributed by atoms with E-state index in [0.717, 1.165) is 79.0 Å². The zero-order valence-electron chi connectivity index (χ0n) is 33.3. The molecule has 6 aromatic rings. The first kappa shape index (κ1) is 43.1. The lowest BCUT2D eigenvalue weighted by molar-refractivity contribution is -0.132. The SMILES string of the molecule is C(#Cc1cc2sc(-c3ccc4nc[nH]c4c3)cc2s1)c1cnc[nH]1.CC(=O)NCC(=O)N1CCCC1.CCC.COC(=O)NC(C(=O)N1CCCC1)c1ccccc1. The molecular weight excluding hydrogens is 773 g/mol. The average molecular weight is 823 g/mol. The van der Waals surface area contributed by atoms with Crippen molar-refractivity contribution in [2.75, 3.05) is 39.8 Å². The zero-order chi connectivity index (χ0) is 41.3. The van der Waals surface area contributed by atoms with Crippen LogP contribution < -0.4 is 10.6 Å². The maximum absolute atomic E-state index is 12.5. The molecule has 1 atom stereocenters. The molecule has 15 heteroatoms. The molecule has 2 aliphatic heterocycles. The number of likely N-dealkylation sites (tertiary alicyclic amines) is 2. The van der Waals surface area contributed by atoms with E-state index >= 15 is 0 Å². The normalized spacial score (nSPS) is 13.4. The van der Waals surface area contributed by atoms with Crippen molar-refractivity contribution in [1.82, 2.24) is 40.4 Å². The van der Waals surface area contributed by atoms with Crippen LogP contribution in [0.2, 0.25) is 0 Å². The van der Waals surface area contributed by atoms with Crippen molar-refractivity contribution in [3.05, 3.63) is 95.6 Å². The molecule has 6 heterocycles. The number of thiophene rings is 2. The molecule has 2 aromatic carbocycles. The molecule has 0 bridgehead atoms. The number of ether oxygens (including phenoxy) is 1. The van der Waals surface area contributed by atoms with Gasteiger partial charge in [-0.05, 0) is 72.9 Å². The Hall–Kier alpha value is -5.98. The number of aromatic amines is 2. The lowest BCUT2D eigenvalue weighted by Gasteiger charge is -2.23. The van der Waals surface area contributed by atoms with Gasteiger partial charge in [0.25, 0.3) is 0 Å². The van der Waals surface area contributed by atoms with E-state index in [1.54, 1.807) is 51.3 Å². The van der Waals surface area contributed by atoms with Gasteiger partial charge in [0.2, 0.25) is 17.7 Å². The summed E-state index contributed by atoms with van der Waals surface area (Å²) in [6, 6.07) is 19.3. The number of imidazole rings is 2. The van der Waals surface area contributed by atoms with Crippen molar-refractivity contribution in [3.8, 4) is 22.3 Å². The van der Waals surface area contributed by atoms with E-state index in [0.29, 0.717) is 0 Å². The first-order valence-electron chi connectivity index (χ1n) is 19.4. The molecule has 1 unspecified atom stereocenters. The maximum Gasteiger partial charge on any atom is 0.407 e. The monoisotopic (exact) mass is 822 g/mol. The van der Waals surface area contributed by atoms with Crippen molar-refractivity contribution in [2.24, 2.45) is 0 Å². The Morgan fingerprint density at radius 3 is 2.19 bits per heavy atom. The van der Waals surface area contributed by atoms with Crippen LogP contribution in [-0.2, 0) is 19.1 Å². The molecule has 0 radical (unpaired) electrons. The van der Waals surface area contributed by atoms with Crippen LogP contribution >= 0.6 is 22.7 Å². The summed E-state index contributed by atoms with van der Waals surface area (Å²) >= 11 is 3.52. The van der Waals surface area contributed by atoms with Crippen LogP contribution in [0.25, 0.3) is 30.9 Å². The molecule has 2 fully saturated rings. The topological polar surface area (TPSA) is 165 Å². The number of methoxy groups -OCH3 is 1. The minimum absolute atomic E-state index is 0.0303. The predicted octanol–water partition coefficient (Wildman–Crippen LogP) is 7.50. The van der Waals surface area contributed by atoms with Crippen LogP contribution in [0.1, 0.15) is 75.1 Å². The van der Waals surface area contributed by atoms with Crippen LogP contribution in [0.5, 0.6) is 0 Å². The highest BCUT2D eigenvalue weighted by Crippen LogP contribution is 2.38. The number of carbonyl (C=O) groups is 4. The predicted molar refractivity (Wildman–Crippen MR) is 230 cm³/mol. The van der Waals surface area contributed by atoms with E-state index in [2.05, 4.69) is 91.3 Å². The van der Waals surface area contributed by atoms with Crippen LogP contribution in [0.3, 0.4) is 0 Å². The largest absolute Gasteiger partial charge is 0.453 e. The molecule has 0 saturated carbocycles. The first-order valence-corrected chi connectivity index (χ1v) is 21.0. The van der Waals surface area contributed by atoms with Gasteiger partial charge < -0.3 is 35.1 Å². The summed E-state index contributed by atoms with van der Waals surface area (Å²) in [6.07, 6.45) is 9.97. The van der Waals surface area contributed by atoms with E-state index in [4.69, 9.17) is 0 Å². The van der Waals surface area contributed by atoms with Crippen LogP contribution in [0, 0.1) is 11.8 Å². The molecule has 8 rings (SSSR count). The molecular formula is C43H50N8O5S2. The molecule has 0 aliphatic carbocycles. The lowest BCUT2D eigenvalue weighted by Crippen LogP contribution is -2.41. The number of rotatable bonds is 6.